The van der Waals surface area contributed by atoms with Crippen LogP contribution in [0.4, 0.5) is 0 Å². The highest BCUT2D eigenvalue weighted by Crippen LogP contribution is 2.21. The number of morpholine rings is 1. The number of aryl methyl sites for hydroxylation is 1. The Morgan fingerprint density at radius 1 is 1.23 bits per heavy atom. The van der Waals surface area contributed by atoms with E-state index in [-0.39, 0.29) is 12.4 Å². The minimum atomic E-state index is 0. The first-order valence-corrected chi connectivity index (χ1v) is 8.40. The molecule has 3 heterocycles. The Balaban J connectivity index is 0.00000176. The van der Waals surface area contributed by atoms with Crippen LogP contribution in [0.25, 0.3) is 0 Å². The summed E-state index contributed by atoms with van der Waals surface area (Å²) in [5.74, 6) is 0. The highest BCUT2D eigenvalue weighted by molar-refractivity contribution is 5.85. The molecule has 22 heavy (non-hydrogen) atoms. The van der Waals surface area contributed by atoms with Crippen LogP contribution in [0.2, 0.25) is 0 Å². The third-order valence-corrected chi connectivity index (χ3v) is 4.74. The molecule has 0 radical (unpaired) electrons. The van der Waals surface area contributed by atoms with Gasteiger partial charge in [0.1, 0.15) is 0 Å². The highest BCUT2D eigenvalue weighted by Gasteiger charge is 2.34. The number of piperazine rings is 1. The van der Waals surface area contributed by atoms with Crippen LogP contribution in [-0.4, -0.2) is 71.1 Å². The molecule has 0 saturated carbocycles. The van der Waals surface area contributed by atoms with Gasteiger partial charge < -0.3 is 9.64 Å². The van der Waals surface area contributed by atoms with Crippen molar-refractivity contribution in [2.45, 2.75) is 44.8 Å². The van der Waals surface area contributed by atoms with Gasteiger partial charge in [-0.3, -0.25) is 9.58 Å². The van der Waals surface area contributed by atoms with Crippen LogP contribution in [0.5, 0.6) is 0 Å². The maximum absolute atomic E-state index is 5.83. The van der Waals surface area contributed by atoms with E-state index in [1.54, 1.807) is 0 Å². The van der Waals surface area contributed by atoms with Crippen molar-refractivity contribution in [1.82, 2.24) is 19.6 Å². The maximum atomic E-state index is 5.83. The van der Waals surface area contributed by atoms with Crippen molar-refractivity contribution in [3.05, 3.63) is 18.5 Å². The predicted octanol–water partition coefficient (Wildman–Crippen LogP) is 1.88. The minimum absolute atomic E-state index is 0. The Bertz CT molecular complexity index is 412. The van der Waals surface area contributed by atoms with E-state index in [1.807, 2.05) is 23.1 Å². The molecule has 3 rings (SSSR count). The van der Waals surface area contributed by atoms with Gasteiger partial charge in [-0.05, 0) is 18.9 Å². The van der Waals surface area contributed by atoms with Crippen molar-refractivity contribution in [3.8, 4) is 0 Å². The van der Waals surface area contributed by atoms with Crippen molar-refractivity contribution in [3.63, 3.8) is 0 Å². The van der Waals surface area contributed by atoms with Crippen LogP contribution in [0.15, 0.2) is 18.5 Å². The van der Waals surface area contributed by atoms with Gasteiger partial charge in [0.05, 0.1) is 13.2 Å². The molecule has 0 unspecified atom stereocenters. The Labute approximate surface area is 140 Å². The summed E-state index contributed by atoms with van der Waals surface area (Å²) in [6, 6.07) is 3.25. The number of hydrogen-bond donors (Lipinski definition) is 0. The van der Waals surface area contributed by atoms with Crippen LogP contribution in [0.1, 0.15) is 26.2 Å². The van der Waals surface area contributed by atoms with E-state index in [9.17, 15) is 0 Å². The summed E-state index contributed by atoms with van der Waals surface area (Å²) in [6.07, 6.45) is 7.60. The Hall–Kier alpha value is -0.620. The van der Waals surface area contributed by atoms with Gasteiger partial charge in [-0.15, -0.1) is 12.4 Å². The normalized spacial score (nSPS) is 26.4. The number of ether oxygens (including phenoxy) is 1. The zero-order valence-corrected chi connectivity index (χ0v) is 14.4. The van der Waals surface area contributed by atoms with Crippen LogP contribution in [0.3, 0.4) is 0 Å². The molecule has 1 aromatic rings. The summed E-state index contributed by atoms with van der Waals surface area (Å²) in [5.41, 5.74) is 0. The van der Waals surface area contributed by atoms with Gasteiger partial charge in [0.2, 0.25) is 0 Å². The smallest absolute Gasteiger partial charge is 0.0635 e. The monoisotopic (exact) mass is 328 g/mol. The molecule has 0 aliphatic carbocycles. The first-order valence-electron chi connectivity index (χ1n) is 8.40. The van der Waals surface area contributed by atoms with Crippen molar-refractivity contribution in [2.75, 3.05) is 39.4 Å². The minimum Gasteiger partial charge on any atom is -0.378 e. The molecular weight excluding hydrogens is 300 g/mol. The van der Waals surface area contributed by atoms with Crippen LogP contribution in [0, 0.1) is 0 Å². The summed E-state index contributed by atoms with van der Waals surface area (Å²) in [4.78, 5) is 5.30. The number of halogens is 1. The van der Waals surface area contributed by atoms with Crippen molar-refractivity contribution in [2.24, 2.45) is 0 Å². The molecule has 0 spiro atoms. The fraction of sp³-hybridized carbons (Fsp3) is 0.812. The quantitative estimate of drug-likeness (QED) is 0.798. The van der Waals surface area contributed by atoms with Crippen LogP contribution < -0.4 is 0 Å². The molecule has 0 N–H and O–H groups in total. The first-order chi connectivity index (χ1) is 10.4. The molecular formula is C16H29ClN4O. The molecule has 1 aromatic heterocycles. The highest BCUT2D eigenvalue weighted by atomic mass is 35.5. The fourth-order valence-electron chi connectivity index (χ4n) is 3.67. The largest absolute Gasteiger partial charge is 0.378 e. The lowest BCUT2D eigenvalue weighted by molar-refractivity contribution is -0.0829. The summed E-state index contributed by atoms with van der Waals surface area (Å²) < 4.78 is 7.86. The topological polar surface area (TPSA) is 33.5 Å². The third-order valence-electron chi connectivity index (χ3n) is 4.74. The summed E-state index contributed by atoms with van der Waals surface area (Å²) in [6.45, 7) is 9.89. The van der Waals surface area contributed by atoms with E-state index in [0.717, 1.165) is 19.8 Å². The molecule has 5 nitrogen and oxygen atoms in total. The van der Waals surface area contributed by atoms with Gasteiger partial charge in [0.15, 0.2) is 0 Å². The first kappa shape index (κ1) is 17.7. The Morgan fingerprint density at radius 2 is 2.14 bits per heavy atom. The number of aromatic nitrogens is 2. The van der Waals surface area contributed by atoms with Gasteiger partial charge in [-0.25, -0.2) is 0 Å². The molecule has 2 saturated heterocycles. The number of nitrogens with zero attached hydrogens (tertiary/aromatic N) is 4. The van der Waals surface area contributed by atoms with E-state index < -0.39 is 0 Å². The second kappa shape index (κ2) is 8.87. The average Bonchev–Trinajstić information content (AvgIpc) is 3.01. The Morgan fingerprint density at radius 3 is 2.91 bits per heavy atom. The maximum Gasteiger partial charge on any atom is 0.0635 e. The van der Waals surface area contributed by atoms with Gasteiger partial charge in [-0.1, -0.05) is 13.3 Å². The van der Waals surface area contributed by atoms with Gasteiger partial charge in [-0.2, -0.15) is 5.10 Å². The molecule has 0 aromatic carbocycles. The summed E-state index contributed by atoms with van der Waals surface area (Å²) >= 11 is 0. The van der Waals surface area contributed by atoms with E-state index in [2.05, 4.69) is 21.8 Å². The molecule has 2 aliphatic heterocycles. The van der Waals surface area contributed by atoms with Crippen LogP contribution >= 0.6 is 12.4 Å². The fourth-order valence-corrected chi connectivity index (χ4v) is 3.67. The molecule has 0 bridgehead atoms. The van der Waals surface area contributed by atoms with Crippen molar-refractivity contribution in [1.29, 1.82) is 0 Å². The van der Waals surface area contributed by atoms with Crippen molar-refractivity contribution >= 4 is 12.4 Å². The molecule has 2 atom stereocenters. The molecule has 0 amide bonds. The molecule has 6 heteroatoms. The summed E-state index contributed by atoms with van der Waals surface area (Å²) in [7, 11) is 0. The zero-order valence-electron chi connectivity index (χ0n) is 13.6. The van der Waals surface area contributed by atoms with E-state index >= 15 is 0 Å². The third kappa shape index (κ3) is 4.44. The molecule has 126 valence electrons. The number of rotatable bonds is 6. The average molecular weight is 329 g/mol. The van der Waals surface area contributed by atoms with Gasteiger partial charge in [0.25, 0.3) is 0 Å². The second-order valence-corrected chi connectivity index (χ2v) is 6.29. The summed E-state index contributed by atoms with van der Waals surface area (Å²) in [5, 5.41) is 4.26. The van der Waals surface area contributed by atoms with Crippen LogP contribution in [-0.2, 0) is 11.3 Å². The molecule has 2 fully saturated rings. The van der Waals surface area contributed by atoms with Gasteiger partial charge in [0, 0.05) is 57.2 Å². The molecule has 2 aliphatic rings. The number of fused-ring (bicyclic) bond motifs is 1. The van der Waals surface area contributed by atoms with Crippen molar-refractivity contribution < 1.29 is 4.74 Å². The standard InChI is InChI=1S/C16H28N4O.ClH/c1-2-5-15-13-21-14-16-12-18(10-11-20(15)16)7-4-9-19-8-3-6-17-19;/h3,6,8,15-16H,2,4-5,7,9-14H2,1H3;1H/t15-,16+;/m0./s1. The van der Waals surface area contributed by atoms with E-state index in [1.165, 1.54) is 45.4 Å². The predicted molar refractivity (Wildman–Crippen MR) is 90.5 cm³/mol. The Kier molecular flexibility index (Phi) is 7.15. The SMILES string of the molecule is CCC[C@H]1COC[C@H]2CN(CCCn3cccn3)CCN12.Cl. The van der Waals surface area contributed by atoms with E-state index in [4.69, 9.17) is 4.74 Å². The lowest BCUT2D eigenvalue weighted by Gasteiger charge is -2.48. The lowest BCUT2D eigenvalue weighted by Crippen LogP contribution is -2.61. The zero-order chi connectivity index (χ0) is 14.5. The lowest BCUT2D eigenvalue weighted by atomic mass is 10.0. The number of hydrogen-bond acceptors (Lipinski definition) is 4. The van der Waals surface area contributed by atoms with Gasteiger partial charge >= 0.3 is 0 Å². The second-order valence-electron chi connectivity index (χ2n) is 6.29. The van der Waals surface area contributed by atoms with E-state index in [0.29, 0.717) is 12.1 Å².